The molecule has 18 nitrogen and oxygen atoms in total. The van der Waals surface area contributed by atoms with Crippen LogP contribution < -0.4 is 32.6 Å². The monoisotopic (exact) mass is 1340 g/mol. The van der Waals surface area contributed by atoms with Crippen LogP contribution in [0.2, 0.25) is 0 Å². The van der Waals surface area contributed by atoms with Gasteiger partial charge < -0.3 is 30.9 Å². The van der Waals surface area contributed by atoms with Gasteiger partial charge in [0, 0.05) is 114 Å². The number of hydrogen-bond acceptors (Lipinski definition) is 12. The Morgan fingerprint density at radius 1 is 0.343 bits per heavy atom. The van der Waals surface area contributed by atoms with E-state index < -0.39 is 0 Å². The van der Waals surface area contributed by atoms with E-state index in [1.165, 1.54) is 108 Å². The maximum absolute atomic E-state index is 11.7. The van der Waals surface area contributed by atoms with Crippen molar-refractivity contribution in [3.8, 4) is 33.8 Å². The Morgan fingerprint density at radius 2 is 0.687 bits per heavy atom. The number of anilines is 6. The number of H-pyrrole nitrogens is 3. The zero-order valence-corrected chi connectivity index (χ0v) is 60.4. The van der Waals surface area contributed by atoms with E-state index in [4.69, 9.17) is 4.98 Å². The third kappa shape index (κ3) is 20.2. The molecule has 15 rings (SSSR count). The van der Waals surface area contributed by atoms with E-state index in [1.54, 1.807) is 55.4 Å². The van der Waals surface area contributed by atoms with Crippen molar-refractivity contribution in [3.63, 3.8) is 0 Å². The second-order valence-corrected chi connectivity index (χ2v) is 22.9. The first kappa shape index (κ1) is 76.1. The molecule has 3 aliphatic carbocycles. The van der Waals surface area contributed by atoms with Crippen LogP contribution in [0, 0.1) is 0 Å². The van der Waals surface area contributed by atoms with Crippen molar-refractivity contribution in [2.24, 2.45) is 0 Å². The summed E-state index contributed by atoms with van der Waals surface area (Å²) in [7, 11) is 0. The number of nitrogens with zero attached hydrogens (tertiary/aromatic N) is 9. The molecule has 12 aromatic rings. The summed E-state index contributed by atoms with van der Waals surface area (Å²) in [6.07, 6.45) is 41.0. The van der Waals surface area contributed by atoms with Gasteiger partial charge in [0.1, 0.15) is 5.82 Å². The summed E-state index contributed by atoms with van der Waals surface area (Å²) in [5.41, 5.74) is 15.5. The largest absolute Gasteiger partial charge is 0.352 e. The van der Waals surface area contributed by atoms with E-state index in [2.05, 4.69) is 92.2 Å². The van der Waals surface area contributed by atoms with Crippen LogP contribution in [0.5, 0.6) is 0 Å². The zero-order chi connectivity index (χ0) is 70.9. The summed E-state index contributed by atoms with van der Waals surface area (Å²) in [6.45, 7) is 24.0. The van der Waals surface area contributed by atoms with E-state index >= 15 is 0 Å². The molecule has 3 saturated carbocycles. The van der Waals surface area contributed by atoms with E-state index in [9.17, 15) is 14.4 Å². The summed E-state index contributed by atoms with van der Waals surface area (Å²) in [5.74, 6) is 2.76. The van der Waals surface area contributed by atoms with E-state index in [0.717, 1.165) is 90.7 Å². The van der Waals surface area contributed by atoms with Gasteiger partial charge in [-0.15, -0.1) is 0 Å². The SMILES string of the molecule is CC.CC.CC.CC.CC.CC.O=c1cc(-c2ccc(Nc3ccc(C4CCCCC4)cc3)c3nccn23)cc[nH]1.O=c1cc(-c2ccc(Nc3ccc(C4CCCCC4)nc3)c3nccn23)cc[nH]1.O=c1cc(-c2ccc(Nc3cnc(C4CCCCC4)nc3)c3nccn23)cc[nH]1. The van der Waals surface area contributed by atoms with Crippen LogP contribution in [0.1, 0.15) is 214 Å². The van der Waals surface area contributed by atoms with E-state index in [-0.39, 0.29) is 16.7 Å². The minimum absolute atomic E-state index is 0.115. The average Bonchev–Trinajstić information content (AvgIpc) is 1.75. The normalized spacial score (nSPS) is 13.5. The Balaban J connectivity index is 0.000000194. The summed E-state index contributed by atoms with van der Waals surface area (Å²) >= 11 is 0. The van der Waals surface area contributed by atoms with Crippen LogP contribution in [0.15, 0.2) is 198 Å². The van der Waals surface area contributed by atoms with Crippen LogP contribution >= 0.6 is 0 Å². The maximum atomic E-state index is 11.7. The molecule has 522 valence electrons. The number of pyridine rings is 7. The second kappa shape index (κ2) is 40.5. The van der Waals surface area contributed by atoms with E-state index in [1.807, 2.05) is 188 Å². The number of imidazole rings is 3. The Hall–Kier alpha value is -10.2. The number of nitrogens with one attached hydrogen (secondary N) is 6. The molecule has 1 aromatic carbocycles. The smallest absolute Gasteiger partial charge is 0.248 e. The molecule has 3 fully saturated rings. The predicted octanol–water partition coefficient (Wildman–Crippen LogP) is 20.8. The number of fused-ring (bicyclic) bond motifs is 3. The molecule has 0 spiro atoms. The standard InChI is InChI=1S/C24H24N4O.C23H23N5O.C22H22N6O.6C2H6/c29-23-16-19(12-13-25-23)22-11-10-21(24-26-14-15-28(22)24)27-20-8-6-18(7-9-20)17-4-2-1-3-5-17;29-22-14-17(10-11-24-22)21-9-8-20(23-25-12-13-28(21)23)27-18-6-7-19(26-15-18)16-4-2-1-3-5-16;29-20-12-16(8-9-23-20)19-7-6-18(22-24-10-11-28(19)22)27-17-13-25-21(26-14-17)15-4-2-1-3-5-15;6*1-2/h6-17,27H,1-5H2,(H,25,29);6-16,27H,1-5H2,(H,24,29);6-15,27H,1-5H2,(H,23,29);6*1-2H3. The summed E-state index contributed by atoms with van der Waals surface area (Å²) in [6, 6.07) is 35.5. The molecule has 99 heavy (non-hydrogen) atoms. The van der Waals surface area contributed by atoms with Gasteiger partial charge in [-0.1, -0.05) is 153 Å². The Kier molecular flexibility index (Phi) is 31.1. The molecule has 6 N–H and O–H groups in total. The highest BCUT2D eigenvalue weighted by molar-refractivity contribution is 5.80. The lowest BCUT2D eigenvalue weighted by atomic mass is 9.84. The lowest BCUT2D eigenvalue weighted by Crippen LogP contribution is -2.09. The summed E-state index contributed by atoms with van der Waals surface area (Å²) < 4.78 is 5.96. The fraction of sp³-hybridized carbons (Fsp3) is 0.370. The maximum Gasteiger partial charge on any atom is 0.248 e. The second-order valence-electron chi connectivity index (χ2n) is 22.9. The van der Waals surface area contributed by atoms with Gasteiger partial charge >= 0.3 is 0 Å². The predicted molar refractivity (Wildman–Crippen MR) is 412 cm³/mol. The zero-order valence-electron chi connectivity index (χ0n) is 60.4. The first-order chi connectivity index (χ1) is 48.8. The molecular weight excluding hydrogens is 1230 g/mol. The number of hydrogen-bond donors (Lipinski definition) is 6. The Bertz CT molecular complexity index is 4020. The third-order valence-electron chi connectivity index (χ3n) is 17.1. The number of aromatic amines is 3. The first-order valence-electron chi connectivity index (χ1n) is 36.5. The van der Waals surface area contributed by atoms with Crippen molar-refractivity contribution < 1.29 is 0 Å². The van der Waals surface area contributed by atoms with Gasteiger partial charge in [0.05, 0.1) is 64.1 Å². The third-order valence-corrected chi connectivity index (χ3v) is 17.1. The van der Waals surface area contributed by atoms with Crippen molar-refractivity contribution >= 4 is 51.1 Å². The van der Waals surface area contributed by atoms with Crippen LogP contribution in [-0.4, -0.2) is 58.1 Å². The van der Waals surface area contributed by atoms with Crippen LogP contribution in [0.4, 0.5) is 34.1 Å². The fourth-order valence-corrected chi connectivity index (χ4v) is 12.7. The summed E-state index contributed by atoms with van der Waals surface area (Å²) in [5, 5.41) is 10.3. The fourth-order valence-electron chi connectivity index (χ4n) is 12.7. The molecule has 18 heteroatoms. The van der Waals surface area contributed by atoms with Gasteiger partial charge in [-0.2, -0.15) is 0 Å². The quantitative estimate of drug-likeness (QED) is 0.0672. The molecule has 0 atom stereocenters. The highest BCUT2D eigenvalue weighted by Crippen LogP contribution is 2.37. The molecule has 11 aromatic heterocycles. The number of aromatic nitrogens is 12. The molecule has 0 radical (unpaired) electrons. The Labute approximate surface area is 584 Å². The van der Waals surface area contributed by atoms with Crippen LogP contribution in [0.25, 0.3) is 50.7 Å². The van der Waals surface area contributed by atoms with E-state index in [0.29, 0.717) is 17.8 Å². The van der Waals surface area contributed by atoms with Gasteiger partial charge in [-0.3, -0.25) is 32.6 Å². The van der Waals surface area contributed by atoms with Gasteiger partial charge in [0.25, 0.3) is 0 Å². The van der Waals surface area contributed by atoms with Crippen LogP contribution in [-0.2, 0) is 0 Å². The van der Waals surface area contributed by atoms with Crippen molar-refractivity contribution in [2.75, 3.05) is 16.0 Å². The molecule has 0 unspecified atom stereocenters. The van der Waals surface area contributed by atoms with Gasteiger partial charge in [-0.05, 0) is 129 Å². The molecule has 0 bridgehead atoms. The van der Waals surface area contributed by atoms with Crippen molar-refractivity contribution in [3.05, 3.63) is 232 Å². The summed E-state index contributed by atoms with van der Waals surface area (Å²) in [4.78, 5) is 70.5. The minimum atomic E-state index is -0.131. The molecule has 3 aliphatic rings. The van der Waals surface area contributed by atoms with Crippen molar-refractivity contribution in [1.82, 2.24) is 58.1 Å². The molecule has 11 heterocycles. The van der Waals surface area contributed by atoms with Gasteiger partial charge in [-0.25, -0.2) is 24.9 Å². The van der Waals surface area contributed by atoms with Crippen LogP contribution in [0.3, 0.4) is 0 Å². The molecule has 0 saturated heterocycles. The topological polar surface area (TPSA) is 225 Å². The average molecular weight is 1340 g/mol. The Morgan fingerprint density at radius 3 is 1.06 bits per heavy atom. The van der Waals surface area contributed by atoms with Crippen molar-refractivity contribution in [1.29, 1.82) is 0 Å². The first-order valence-corrected chi connectivity index (χ1v) is 36.5. The highest BCUT2D eigenvalue weighted by atomic mass is 16.1. The minimum Gasteiger partial charge on any atom is -0.352 e. The van der Waals surface area contributed by atoms with Gasteiger partial charge in [0.15, 0.2) is 16.9 Å². The highest BCUT2D eigenvalue weighted by Gasteiger charge is 2.21. The molecule has 0 aliphatic heterocycles. The van der Waals surface area contributed by atoms with Crippen molar-refractivity contribution in [2.45, 2.75) is 197 Å². The lowest BCUT2D eigenvalue weighted by Gasteiger charge is -2.22. The number of rotatable bonds is 12. The van der Waals surface area contributed by atoms with Gasteiger partial charge in [0.2, 0.25) is 16.7 Å². The lowest BCUT2D eigenvalue weighted by molar-refractivity contribution is 0.428. The molecule has 0 amide bonds. The number of benzene rings is 1. The molecular formula is C81H105N15O3.